The molecule has 1 aliphatic heterocycles. The van der Waals surface area contributed by atoms with Crippen LogP contribution < -0.4 is 5.32 Å². The molecular formula is C13H22N2S. The van der Waals surface area contributed by atoms with E-state index in [0.29, 0.717) is 12.1 Å². The van der Waals surface area contributed by atoms with Crippen LogP contribution in [-0.4, -0.2) is 31.1 Å². The monoisotopic (exact) mass is 238 g/mol. The fraction of sp³-hybridized carbons (Fsp3) is 0.692. The topological polar surface area (TPSA) is 15.3 Å². The summed E-state index contributed by atoms with van der Waals surface area (Å²) in [7, 11) is 2.21. The Kier molecular flexibility index (Phi) is 4.00. The molecule has 1 aromatic heterocycles. The van der Waals surface area contributed by atoms with Gasteiger partial charge in [-0.2, -0.15) is 0 Å². The van der Waals surface area contributed by atoms with E-state index in [1.54, 1.807) is 0 Å². The van der Waals surface area contributed by atoms with Gasteiger partial charge in [-0.1, -0.05) is 0 Å². The maximum Gasteiger partial charge on any atom is 0.0388 e. The van der Waals surface area contributed by atoms with Crippen molar-refractivity contribution in [3.05, 3.63) is 21.9 Å². The molecule has 0 aromatic carbocycles. The molecule has 1 fully saturated rings. The molecule has 90 valence electrons. The zero-order chi connectivity index (χ0) is 11.5. The number of nitrogens with one attached hydrogen (secondary N) is 1. The highest BCUT2D eigenvalue weighted by Crippen LogP contribution is 2.23. The Morgan fingerprint density at radius 3 is 2.62 bits per heavy atom. The Morgan fingerprint density at radius 2 is 2.06 bits per heavy atom. The molecule has 2 rings (SSSR count). The lowest BCUT2D eigenvalue weighted by Gasteiger charge is -2.31. The molecule has 16 heavy (non-hydrogen) atoms. The van der Waals surface area contributed by atoms with Gasteiger partial charge in [-0.15, -0.1) is 11.3 Å². The standard InChI is InChI=1S/C13H22N2S/c1-10-4-5-13(16-10)11(2)14-12-6-8-15(3)9-7-12/h4-5,11-12,14H,6-9H2,1-3H3. The van der Waals surface area contributed by atoms with Crippen LogP contribution in [0.4, 0.5) is 0 Å². The maximum atomic E-state index is 3.75. The van der Waals surface area contributed by atoms with Gasteiger partial charge in [0.1, 0.15) is 0 Å². The smallest absolute Gasteiger partial charge is 0.0388 e. The summed E-state index contributed by atoms with van der Waals surface area (Å²) in [6, 6.07) is 5.68. The molecule has 2 nitrogen and oxygen atoms in total. The van der Waals surface area contributed by atoms with Gasteiger partial charge in [0, 0.05) is 21.8 Å². The van der Waals surface area contributed by atoms with Crippen LogP contribution in [0, 0.1) is 6.92 Å². The predicted molar refractivity (Wildman–Crippen MR) is 71.1 cm³/mol. The Hall–Kier alpha value is -0.380. The molecule has 1 unspecified atom stereocenters. The van der Waals surface area contributed by atoms with Crippen LogP contribution in [0.15, 0.2) is 12.1 Å². The number of hydrogen-bond acceptors (Lipinski definition) is 3. The van der Waals surface area contributed by atoms with Gasteiger partial charge in [-0.05, 0) is 59.0 Å². The molecule has 2 heterocycles. The Balaban J connectivity index is 1.85. The first-order valence-corrected chi connectivity index (χ1v) is 6.97. The molecule has 3 heteroatoms. The summed E-state index contributed by atoms with van der Waals surface area (Å²) in [6.45, 7) is 6.92. The second-order valence-electron chi connectivity index (χ2n) is 4.91. The summed E-state index contributed by atoms with van der Waals surface area (Å²) in [6.07, 6.45) is 2.57. The van der Waals surface area contributed by atoms with Gasteiger partial charge in [0.25, 0.3) is 0 Å². The average molecular weight is 238 g/mol. The molecule has 1 aromatic rings. The van der Waals surface area contributed by atoms with Gasteiger partial charge < -0.3 is 10.2 Å². The van der Waals surface area contributed by atoms with E-state index in [0.717, 1.165) is 0 Å². The molecule has 0 amide bonds. The van der Waals surface area contributed by atoms with Gasteiger partial charge >= 0.3 is 0 Å². The highest BCUT2D eigenvalue weighted by Gasteiger charge is 2.19. The first-order valence-electron chi connectivity index (χ1n) is 6.16. The van der Waals surface area contributed by atoms with Crippen LogP contribution in [0.2, 0.25) is 0 Å². The molecule has 0 aliphatic carbocycles. The van der Waals surface area contributed by atoms with E-state index < -0.39 is 0 Å². The Bertz CT molecular complexity index is 326. The molecule has 1 atom stereocenters. The lowest BCUT2D eigenvalue weighted by atomic mass is 10.0. The summed E-state index contributed by atoms with van der Waals surface area (Å²) in [4.78, 5) is 5.29. The molecule has 1 aliphatic rings. The minimum Gasteiger partial charge on any atom is -0.307 e. The van der Waals surface area contributed by atoms with E-state index in [-0.39, 0.29) is 0 Å². The van der Waals surface area contributed by atoms with Gasteiger partial charge in [-0.3, -0.25) is 0 Å². The maximum absolute atomic E-state index is 3.75. The lowest BCUT2D eigenvalue weighted by Crippen LogP contribution is -2.41. The predicted octanol–water partition coefficient (Wildman–Crippen LogP) is 2.80. The Labute approximate surface area is 103 Å². The fourth-order valence-electron chi connectivity index (χ4n) is 2.30. The number of likely N-dealkylation sites (tertiary alicyclic amines) is 1. The first kappa shape index (κ1) is 12.1. The number of thiophene rings is 1. The average Bonchev–Trinajstić information content (AvgIpc) is 2.68. The fourth-order valence-corrected chi connectivity index (χ4v) is 3.19. The molecular weight excluding hydrogens is 216 g/mol. The van der Waals surface area contributed by atoms with Gasteiger partial charge in [0.2, 0.25) is 0 Å². The van der Waals surface area contributed by atoms with Crippen LogP contribution in [0.1, 0.15) is 35.6 Å². The molecule has 0 saturated carbocycles. The zero-order valence-electron chi connectivity index (χ0n) is 10.5. The van der Waals surface area contributed by atoms with Crippen molar-refractivity contribution >= 4 is 11.3 Å². The van der Waals surface area contributed by atoms with Gasteiger partial charge in [-0.25, -0.2) is 0 Å². The number of piperidine rings is 1. The van der Waals surface area contributed by atoms with Crippen LogP contribution in [-0.2, 0) is 0 Å². The van der Waals surface area contributed by atoms with Gasteiger partial charge in [0.05, 0.1) is 0 Å². The highest BCUT2D eigenvalue weighted by molar-refractivity contribution is 7.12. The van der Waals surface area contributed by atoms with Gasteiger partial charge in [0.15, 0.2) is 0 Å². The quantitative estimate of drug-likeness (QED) is 0.871. The minimum absolute atomic E-state index is 0.507. The normalized spacial score (nSPS) is 21.2. The third kappa shape index (κ3) is 3.06. The van der Waals surface area contributed by atoms with E-state index in [1.165, 1.54) is 35.7 Å². The SMILES string of the molecule is Cc1ccc(C(C)NC2CCN(C)CC2)s1. The third-order valence-electron chi connectivity index (χ3n) is 3.39. The van der Waals surface area contributed by atoms with E-state index in [4.69, 9.17) is 0 Å². The minimum atomic E-state index is 0.507. The van der Waals surface area contributed by atoms with Crippen molar-refractivity contribution in [1.82, 2.24) is 10.2 Å². The van der Waals surface area contributed by atoms with Crippen molar-refractivity contribution in [3.63, 3.8) is 0 Å². The summed E-state index contributed by atoms with van der Waals surface area (Å²) < 4.78 is 0. The Morgan fingerprint density at radius 1 is 1.38 bits per heavy atom. The van der Waals surface area contributed by atoms with Crippen LogP contribution in [0.3, 0.4) is 0 Å². The van der Waals surface area contributed by atoms with Crippen LogP contribution in [0.25, 0.3) is 0 Å². The van der Waals surface area contributed by atoms with Crippen molar-refractivity contribution < 1.29 is 0 Å². The van der Waals surface area contributed by atoms with E-state index in [2.05, 4.69) is 43.2 Å². The number of rotatable bonds is 3. The number of aryl methyl sites for hydroxylation is 1. The highest BCUT2D eigenvalue weighted by atomic mass is 32.1. The van der Waals surface area contributed by atoms with Crippen molar-refractivity contribution in [3.8, 4) is 0 Å². The molecule has 0 spiro atoms. The van der Waals surface area contributed by atoms with E-state index in [1.807, 2.05) is 11.3 Å². The van der Waals surface area contributed by atoms with Crippen molar-refractivity contribution in [2.45, 2.75) is 38.8 Å². The van der Waals surface area contributed by atoms with Crippen molar-refractivity contribution in [2.75, 3.05) is 20.1 Å². The van der Waals surface area contributed by atoms with Crippen LogP contribution in [0.5, 0.6) is 0 Å². The molecule has 1 N–H and O–H groups in total. The van der Waals surface area contributed by atoms with Crippen molar-refractivity contribution in [2.24, 2.45) is 0 Å². The second kappa shape index (κ2) is 5.30. The van der Waals surface area contributed by atoms with E-state index >= 15 is 0 Å². The third-order valence-corrected chi connectivity index (χ3v) is 4.58. The summed E-state index contributed by atoms with van der Waals surface area (Å²) in [5.74, 6) is 0. The van der Waals surface area contributed by atoms with Crippen LogP contribution >= 0.6 is 11.3 Å². The summed E-state index contributed by atoms with van der Waals surface area (Å²) in [5.41, 5.74) is 0. The largest absolute Gasteiger partial charge is 0.307 e. The lowest BCUT2D eigenvalue weighted by molar-refractivity contribution is 0.227. The van der Waals surface area contributed by atoms with E-state index in [9.17, 15) is 0 Å². The first-order chi connectivity index (χ1) is 7.65. The molecule has 0 radical (unpaired) electrons. The molecule has 0 bridgehead atoms. The zero-order valence-corrected chi connectivity index (χ0v) is 11.3. The van der Waals surface area contributed by atoms with Crippen molar-refractivity contribution in [1.29, 1.82) is 0 Å². The second-order valence-corrected chi connectivity index (χ2v) is 6.23. The molecule has 1 saturated heterocycles. The summed E-state index contributed by atoms with van der Waals surface area (Å²) >= 11 is 1.91. The number of nitrogens with zero attached hydrogens (tertiary/aromatic N) is 1. The summed E-state index contributed by atoms with van der Waals surface area (Å²) in [5, 5.41) is 3.75. The number of hydrogen-bond donors (Lipinski definition) is 1.